The maximum Gasteiger partial charge on any atom is 0.149 e. The Labute approximate surface area is 110 Å². The maximum atomic E-state index is 13.4. The smallest absolute Gasteiger partial charge is 0.149 e. The highest BCUT2D eigenvalue weighted by Crippen LogP contribution is 2.19. The molecule has 0 spiro atoms. The van der Waals surface area contributed by atoms with Crippen LogP contribution in [0.5, 0.6) is 0 Å². The number of hydrogen-bond acceptors (Lipinski definition) is 2. The Balaban J connectivity index is 2.07. The van der Waals surface area contributed by atoms with Crippen molar-refractivity contribution in [1.29, 1.82) is 5.26 Å². The summed E-state index contributed by atoms with van der Waals surface area (Å²) >= 11 is 0. The van der Waals surface area contributed by atoms with Gasteiger partial charge >= 0.3 is 0 Å². The van der Waals surface area contributed by atoms with E-state index in [4.69, 9.17) is 5.26 Å². The molecule has 19 heavy (non-hydrogen) atoms. The number of halogens is 2. The normalized spacial score (nSPS) is 11.6. The molecule has 0 saturated carbocycles. The lowest BCUT2D eigenvalue weighted by Gasteiger charge is -2.12. The van der Waals surface area contributed by atoms with Crippen molar-refractivity contribution < 1.29 is 8.78 Å². The van der Waals surface area contributed by atoms with Crippen molar-refractivity contribution in [3.05, 3.63) is 65.7 Å². The quantitative estimate of drug-likeness (QED) is 0.908. The van der Waals surface area contributed by atoms with E-state index in [-0.39, 0.29) is 18.2 Å². The average molecular weight is 258 g/mol. The van der Waals surface area contributed by atoms with Crippen LogP contribution < -0.4 is 5.32 Å². The molecule has 0 aliphatic carbocycles. The molecule has 2 aromatic rings. The molecule has 0 heterocycles. The van der Waals surface area contributed by atoms with E-state index in [1.54, 1.807) is 0 Å². The Morgan fingerprint density at radius 1 is 1.11 bits per heavy atom. The molecule has 2 aromatic carbocycles. The molecule has 96 valence electrons. The first-order chi connectivity index (χ1) is 9.20. The molecule has 0 saturated heterocycles. The summed E-state index contributed by atoms with van der Waals surface area (Å²) in [7, 11) is 0. The summed E-state index contributed by atoms with van der Waals surface area (Å²) in [5.74, 6) is -1.67. The van der Waals surface area contributed by atoms with E-state index in [9.17, 15) is 8.78 Å². The molecule has 1 N–H and O–H groups in total. The average Bonchev–Trinajstić information content (AvgIpc) is 2.43. The molecule has 2 rings (SSSR count). The first-order valence-electron chi connectivity index (χ1n) is 5.84. The third-order valence-electron chi connectivity index (χ3n) is 2.79. The van der Waals surface area contributed by atoms with Gasteiger partial charge in [-0.25, -0.2) is 8.78 Å². The summed E-state index contributed by atoms with van der Waals surface area (Å²) in [6, 6.07) is 14.7. The molecule has 1 unspecified atom stereocenters. The molecule has 0 bridgehead atoms. The van der Waals surface area contributed by atoms with Gasteiger partial charge in [0.25, 0.3) is 0 Å². The molecule has 1 atom stereocenters. The van der Waals surface area contributed by atoms with Gasteiger partial charge in [0, 0.05) is 12.6 Å². The molecule has 0 fully saturated rings. The molecular formula is C15H12F2N2. The molecule has 0 radical (unpaired) electrons. The fraction of sp³-hybridized carbons (Fsp3) is 0.133. The Morgan fingerprint density at radius 3 is 2.47 bits per heavy atom. The molecule has 0 amide bonds. The van der Waals surface area contributed by atoms with E-state index in [0.717, 1.165) is 11.6 Å². The minimum atomic E-state index is -0.662. The Kier molecular flexibility index (Phi) is 4.09. The van der Waals surface area contributed by atoms with Crippen LogP contribution in [-0.4, -0.2) is 6.54 Å². The van der Waals surface area contributed by atoms with Crippen molar-refractivity contribution in [3.63, 3.8) is 0 Å². The van der Waals surface area contributed by atoms with Gasteiger partial charge in [-0.2, -0.15) is 5.26 Å². The number of nitrogens with zero attached hydrogens (tertiary/aromatic N) is 1. The Morgan fingerprint density at radius 2 is 1.84 bits per heavy atom. The molecule has 0 aromatic heterocycles. The van der Waals surface area contributed by atoms with Gasteiger partial charge in [-0.1, -0.05) is 30.3 Å². The lowest BCUT2D eigenvalue weighted by molar-refractivity contribution is 0.585. The fourth-order valence-corrected chi connectivity index (χ4v) is 1.77. The van der Waals surface area contributed by atoms with Crippen molar-refractivity contribution in [2.45, 2.75) is 5.92 Å². The zero-order valence-corrected chi connectivity index (χ0v) is 10.1. The number of hydrogen-bond donors (Lipinski definition) is 1. The van der Waals surface area contributed by atoms with Gasteiger partial charge in [-0.15, -0.1) is 0 Å². The monoisotopic (exact) mass is 258 g/mol. The second kappa shape index (κ2) is 5.96. The van der Waals surface area contributed by atoms with Crippen LogP contribution in [0.4, 0.5) is 14.5 Å². The lowest BCUT2D eigenvalue weighted by Crippen LogP contribution is -2.12. The van der Waals surface area contributed by atoms with Gasteiger partial charge < -0.3 is 5.32 Å². The largest absolute Gasteiger partial charge is 0.381 e. The first kappa shape index (κ1) is 13.0. The van der Waals surface area contributed by atoms with Crippen molar-refractivity contribution >= 4 is 5.69 Å². The Hall–Kier alpha value is -2.41. The van der Waals surface area contributed by atoms with Crippen LogP contribution in [0, 0.1) is 23.0 Å². The van der Waals surface area contributed by atoms with E-state index < -0.39 is 11.6 Å². The van der Waals surface area contributed by atoms with Gasteiger partial charge in [0.1, 0.15) is 11.6 Å². The minimum Gasteiger partial charge on any atom is -0.381 e. The summed E-state index contributed by atoms with van der Waals surface area (Å²) in [4.78, 5) is 0. The minimum absolute atomic E-state index is 0.192. The van der Waals surface area contributed by atoms with Gasteiger partial charge in [-0.3, -0.25) is 0 Å². The number of rotatable bonds is 4. The van der Waals surface area contributed by atoms with Gasteiger partial charge in [0.15, 0.2) is 0 Å². The summed E-state index contributed by atoms with van der Waals surface area (Å²) in [6.07, 6.45) is 0. The van der Waals surface area contributed by atoms with Crippen molar-refractivity contribution in [3.8, 4) is 6.07 Å². The number of benzene rings is 2. The second-order valence-corrected chi connectivity index (χ2v) is 4.10. The molecule has 0 aliphatic rings. The molecule has 4 heteroatoms. The Bertz CT molecular complexity index is 591. The van der Waals surface area contributed by atoms with E-state index in [2.05, 4.69) is 11.4 Å². The second-order valence-electron chi connectivity index (χ2n) is 4.10. The summed E-state index contributed by atoms with van der Waals surface area (Å²) < 4.78 is 26.2. The van der Waals surface area contributed by atoms with E-state index in [1.807, 2.05) is 30.3 Å². The summed E-state index contributed by atoms with van der Waals surface area (Å²) in [5, 5.41) is 12.0. The number of anilines is 1. The van der Waals surface area contributed by atoms with Crippen LogP contribution in [0.15, 0.2) is 48.5 Å². The zero-order valence-electron chi connectivity index (χ0n) is 10.1. The third kappa shape index (κ3) is 3.29. The number of nitrogens with one attached hydrogen (secondary N) is 1. The lowest BCUT2D eigenvalue weighted by atomic mass is 10.0. The van der Waals surface area contributed by atoms with Crippen molar-refractivity contribution in [1.82, 2.24) is 0 Å². The van der Waals surface area contributed by atoms with E-state index in [1.165, 1.54) is 12.1 Å². The summed E-state index contributed by atoms with van der Waals surface area (Å²) in [5.41, 5.74) is 1.05. The molecule has 2 nitrogen and oxygen atoms in total. The van der Waals surface area contributed by atoms with E-state index in [0.29, 0.717) is 0 Å². The van der Waals surface area contributed by atoms with Gasteiger partial charge in [0.2, 0.25) is 0 Å². The van der Waals surface area contributed by atoms with Crippen LogP contribution in [0.25, 0.3) is 0 Å². The standard InChI is InChI=1S/C15H12F2N2/c16-13-6-7-15(14(17)8-13)19-10-12(9-18)11-4-2-1-3-5-11/h1-8,12,19H,10H2. The van der Waals surface area contributed by atoms with Crippen LogP contribution in [0.3, 0.4) is 0 Å². The van der Waals surface area contributed by atoms with Crippen LogP contribution >= 0.6 is 0 Å². The predicted molar refractivity (Wildman–Crippen MR) is 69.6 cm³/mol. The molecular weight excluding hydrogens is 246 g/mol. The van der Waals surface area contributed by atoms with Crippen LogP contribution in [0.1, 0.15) is 11.5 Å². The van der Waals surface area contributed by atoms with Crippen LogP contribution in [0.2, 0.25) is 0 Å². The molecule has 0 aliphatic heterocycles. The third-order valence-corrected chi connectivity index (χ3v) is 2.79. The van der Waals surface area contributed by atoms with Gasteiger partial charge in [0.05, 0.1) is 17.7 Å². The highest BCUT2D eigenvalue weighted by molar-refractivity contribution is 5.45. The number of nitriles is 1. The summed E-state index contributed by atoms with van der Waals surface area (Å²) in [6.45, 7) is 0.267. The van der Waals surface area contributed by atoms with Gasteiger partial charge in [-0.05, 0) is 17.7 Å². The highest BCUT2D eigenvalue weighted by atomic mass is 19.1. The van der Waals surface area contributed by atoms with Crippen LogP contribution in [-0.2, 0) is 0 Å². The highest BCUT2D eigenvalue weighted by Gasteiger charge is 2.11. The first-order valence-corrected chi connectivity index (χ1v) is 5.84. The topological polar surface area (TPSA) is 35.8 Å². The van der Waals surface area contributed by atoms with E-state index >= 15 is 0 Å². The predicted octanol–water partition coefficient (Wildman–Crippen LogP) is 3.68. The SMILES string of the molecule is N#CC(CNc1ccc(F)cc1F)c1ccccc1. The fourth-order valence-electron chi connectivity index (χ4n) is 1.77. The maximum absolute atomic E-state index is 13.4. The zero-order chi connectivity index (χ0) is 13.7. The van der Waals surface area contributed by atoms with Crippen molar-refractivity contribution in [2.75, 3.05) is 11.9 Å². The van der Waals surface area contributed by atoms with Crippen molar-refractivity contribution in [2.24, 2.45) is 0 Å².